The van der Waals surface area contributed by atoms with Crippen LogP contribution in [0, 0.1) is 17.8 Å². The minimum atomic E-state index is -0.457. The van der Waals surface area contributed by atoms with Gasteiger partial charge in [-0.1, -0.05) is 90.1 Å². The van der Waals surface area contributed by atoms with Crippen LogP contribution >= 0.6 is 0 Å². The number of Topliss-reactive ketones (excluding diaryl/α,β-unsaturated/α-hetero) is 1. The average Bonchev–Trinajstić information content (AvgIpc) is 3.70. The molecule has 196 valence electrons. The van der Waals surface area contributed by atoms with Gasteiger partial charge in [0.1, 0.15) is 5.76 Å². The topological polar surface area (TPSA) is 46.5 Å². The SMILES string of the molecule is C=C(O/C=C\CCC)c1ccc(-c2cccc(CC)c2C(=O)C(C)C)cc1.CC(C1CC1)C(C)(C)O. The Bertz CT molecular complexity index is 1020. The van der Waals surface area contributed by atoms with E-state index in [0.717, 1.165) is 53.0 Å². The van der Waals surface area contributed by atoms with Crippen LogP contribution in [0.1, 0.15) is 95.6 Å². The lowest BCUT2D eigenvalue weighted by atomic mass is 9.88. The smallest absolute Gasteiger partial charge is 0.166 e. The summed E-state index contributed by atoms with van der Waals surface area (Å²) in [5, 5.41) is 9.50. The van der Waals surface area contributed by atoms with Gasteiger partial charge in [-0.05, 0) is 74.1 Å². The number of aliphatic hydroxyl groups is 1. The van der Waals surface area contributed by atoms with Crippen molar-refractivity contribution in [3.05, 3.63) is 78.1 Å². The van der Waals surface area contributed by atoms with Crippen LogP contribution in [0.2, 0.25) is 0 Å². The fraction of sp³-hybridized carbons (Fsp3) is 0.485. The number of rotatable bonds is 11. The first-order valence-corrected chi connectivity index (χ1v) is 13.5. The molecule has 0 aromatic heterocycles. The van der Waals surface area contributed by atoms with Crippen molar-refractivity contribution in [3.8, 4) is 11.1 Å². The highest BCUT2D eigenvalue weighted by molar-refractivity contribution is 6.04. The summed E-state index contributed by atoms with van der Waals surface area (Å²) in [7, 11) is 0. The van der Waals surface area contributed by atoms with E-state index < -0.39 is 5.60 Å². The molecule has 3 rings (SSSR count). The molecule has 0 spiro atoms. The molecule has 1 aliphatic carbocycles. The van der Waals surface area contributed by atoms with Gasteiger partial charge < -0.3 is 9.84 Å². The van der Waals surface area contributed by atoms with Gasteiger partial charge in [-0.15, -0.1) is 0 Å². The van der Waals surface area contributed by atoms with Crippen molar-refractivity contribution in [2.75, 3.05) is 0 Å². The Balaban J connectivity index is 0.000000425. The van der Waals surface area contributed by atoms with E-state index >= 15 is 0 Å². The van der Waals surface area contributed by atoms with Gasteiger partial charge in [0.05, 0.1) is 11.9 Å². The van der Waals surface area contributed by atoms with Crippen LogP contribution in [0.15, 0.2) is 61.4 Å². The third-order valence-corrected chi connectivity index (χ3v) is 7.03. The maximum Gasteiger partial charge on any atom is 0.166 e. The maximum atomic E-state index is 12.8. The number of unbranched alkanes of at least 4 members (excludes halogenated alkanes) is 1. The Morgan fingerprint density at radius 3 is 2.22 bits per heavy atom. The van der Waals surface area contributed by atoms with Gasteiger partial charge in [-0.25, -0.2) is 0 Å². The molecule has 2 aromatic carbocycles. The summed E-state index contributed by atoms with van der Waals surface area (Å²) >= 11 is 0. The van der Waals surface area contributed by atoms with Gasteiger partial charge in [0.15, 0.2) is 5.78 Å². The summed E-state index contributed by atoms with van der Waals surface area (Å²) in [5.74, 6) is 2.08. The van der Waals surface area contributed by atoms with Crippen LogP contribution in [0.3, 0.4) is 0 Å². The number of ketones is 1. The van der Waals surface area contributed by atoms with E-state index in [1.54, 1.807) is 6.26 Å². The van der Waals surface area contributed by atoms with Gasteiger partial charge in [0, 0.05) is 17.0 Å². The van der Waals surface area contributed by atoms with Crippen molar-refractivity contribution in [3.63, 3.8) is 0 Å². The van der Waals surface area contributed by atoms with Crippen molar-refractivity contribution < 1.29 is 14.6 Å². The number of aryl methyl sites for hydroxylation is 1. The van der Waals surface area contributed by atoms with Crippen molar-refractivity contribution in [2.24, 2.45) is 17.8 Å². The first kappa shape index (κ1) is 29.6. The molecule has 1 fully saturated rings. The minimum Gasteiger partial charge on any atom is -0.465 e. The monoisotopic (exact) mass is 490 g/mol. The molecule has 3 heteroatoms. The summed E-state index contributed by atoms with van der Waals surface area (Å²) < 4.78 is 5.58. The first-order valence-electron chi connectivity index (χ1n) is 13.5. The van der Waals surface area contributed by atoms with Crippen LogP contribution in [-0.2, 0) is 11.2 Å². The average molecular weight is 491 g/mol. The van der Waals surface area contributed by atoms with E-state index in [2.05, 4.69) is 27.4 Å². The lowest BCUT2D eigenvalue weighted by Crippen LogP contribution is -2.29. The zero-order valence-corrected chi connectivity index (χ0v) is 23.4. The van der Waals surface area contributed by atoms with E-state index in [1.165, 1.54) is 12.8 Å². The fourth-order valence-corrected chi connectivity index (χ4v) is 4.16. The summed E-state index contributed by atoms with van der Waals surface area (Å²) in [4.78, 5) is 12.8. The largest absolute Gasteiger partial charge is 0.465 e. The van der Waals surface area contributed by atoms with Crippen LogP contribution in [0.25, 0.3) is 16.9 Å². The summed E-state index contributed by atoms with van der Waals surface area (Å²) in [5.41, 5.74) is 4.45. The predicted molar refractivity (Wildman–Crippen MR) is 153 cm³/mol. The van der Waals surface area contributed by atoms with E-state index in [1.807, 2.05) is 76.2 Å². The Labute approximate surface area is 219 Å². The van der Waals surface area contributed by atoms with Crippen LogP contribution in [-0.4, -0.2) is 16.5 Å². The fourth-order valence-electron chi connectivity index (χ4n) is 4.16. The molecule has 3 nitrogen and oxygen atoms in total. The lowest BCUT2D eigenvalue weighted by molar-refractivity contribution is 0.0155. The molecule has 0 saturated heterocycles. The van der Waals surface area contributed by atoms with Crippen molar-refractivity contribution in [1.29, 1.82) is 0 Å². The molecular formula is C33H46O3. The summed E-state index contributed by atoms with van der Waals surface area (Å²) in [6, 6.07) is 14.2. The van der Waals surface area contributed by atoms with Crippen LogP contribution in [0.4, 0.5) is 0 Å². The highest BCUT2D eigenvalue weighted by atomic mass is 16.5. The van der Waals surface area contributed by atoms with Crippen molar-refractivity contribution in [2.45, 2.75) is 86.2 Å². The normalized spacial score (nSPS) is 14.4. The molecule has 36 heavy (non-hydrogen) atoms. The molecule has 2 aromatic rings. The lowest BCUT2D eigenvalue weighted by Gasteiger charge is -2.25. The number of hydrogen-bond donors (Lipinski definition) is 1. The zero-order valence-electron chi connectivity index (χ0n) is 23.4. The van der Waals surface area contributed by atoms with Crippen LogP contribution < -0.4 is 0 Å². The molecule has 0 amide bonds. The van der Waals surface area contributed by atoms with Gasteiger partial charge in [0.2, 0.25) is 0 Å². The third kappa shape index (κ3) is 8.48. The van der Waals surface area contributed by atoms with Gasteiger partial charge in [-0.3, -0.25) is 4.79 Å². The maximum absolute atomic E-state index is 12.8. The van der Waals surface area contributed by atoms with E-state index in [-0.39, 0.29) is 11.7 Å². The number of carbonyl (C=O) groups is 1. The molecule has 0 aliphatic heterocycles. The molecule has 1 N–H and O–H groups in total. The van der Waals surface area contributed by atoms with Gasteiger partial charge in [-0.2, -0.15) is 0 Å². The molecule has 1 unspecified atom stereocenters. The second kappa shape index (κ2) is 13.6. The molecule has 1 saturated carbocycles. The van der Waals surface area contributed by atoms with Crippen molar-refractivity contribution in [1.82, 2.24) is 0 Å². The predicted octanol–water partition coefficient (Wildman–Crippen LogP) is 8.86. The number of benzene rings is 2. The number of hydrogen-bond acceptors (Lipinski definition) is 3. The molecular weight excluding hydrogens is 444 g/mol. The number of allylic oxidation sites excluding steroid dienone is 1. The van der Waals surface area contributed by atoms with Crippen LogP contribution in [0.5, 0.6) is 0 Å². The second-order valence-corrected chi connectivity index (χ2v) is 10.8. The Kier molecular flexibility index (Phi) is 11.2. The first-order chi connectivity index (χ1) is 17.0. The Morgan fingerprint density at radius 1 is 1.11 bits per heavy atom. The summed E-state index contributed by atoms with van der Waals surface area (Å²) in [6.07, 6.45) is 9.27. The van der Waals surface area contributed by atoms with E-state index in [0.29, 0.717) is 11.7 Å². The quantitative estimate of drug-likeness (QED) is 0.253. The molecule has 1 atom stereocenters. The molecule has 0 bridgehead atoms. The molecule has 1 aliphatic rings. The van der Waals surface area contributed by atoms with Gasteiger partial charge >= 0.3 is 0 Å². The number of carbonyl (C=O) groups excluding carboxylic acids is 1. The third-order valence-electron chi connectivity index (χ3n) is 7.03. The standard InChI is InChI=1S/C25H30O2.C8H16O/c1-6-8-9-17-27-19(5)21-13-15-22(16-14-21)23-12-10-11-20(7-2)24(23)25(26)18(3)4;1-6(7-4-5-7)8(2,3)9/h9-18H,5-8H2,1-4H3;6-7,9H,4-5H2,1-3H3/b17-9-;. The van der Waals surface area contributed by atoms with Crippen molar-refractivity contribution >= 4 is 11.5 Å². The molecule has 0 heterocycles. The Hall–Kier alpha value is -2.65. The Morgan fingerprint density at radius 2 is 1.75 bits per heavy atom. The zero-order chi connectivity index (χ0) is 26.9. The highest BCUT2D eigenvalue weighted by Gasteiger charge is 2.36. The van der Waals surface area contributed by atoms with E-state index in [9.17, 15) is 9.90 Å². The summed E-state index contributed by atoms with van der Waals surface area (Å²) in [6.45, 7) is 18.1. The van der Waals surface area contributed by atoms with Gasteiger partial charge in [0.25, 0.3) is 0 Å². The molecule has 0 radical (unpaired) electrons. The second-order valence-electron chi connectivity index (χ2n) is 10.8. The number of ether oxygens (including phenoxy) is 1. The highest BCUT2D eigenvalue weighted by Crippen LogP contribution is 2.41. The minimum absolute atomic E-state index is 0.0289. The van der Waals surface area contributed by atoms with E-state index in [4.69, 9.17) is 4.74 Å².